The van der Waals surface area contributed by atoms with Crippen molar-refractivity contribution in [2.75, 3.05) is 0 Å². The molecule has 0 radical (unpaired) electrons. The van der Waals surface area contributed by atoms with Crippen LogP contribution < -0.4 is 0 Å². The molecule has 0 atom stereocenters. The van der Waals surface area contributed by atoms with Crippen LogP contribution in [0.15, 0.2) is 0 Å². The molecule has 0 bridgehead atoms. The third kappa shape index (κ3) is 1.31. The second-order valence-corrected chi connectivity index (χ2v) is 2.72. The van der Waals surface area contributed by atoms with Gasteiger partial charge >= 0.3 is 5.97 Å². The predicted octanol–water partition coefficient (Wildman–Crippen LogP) is 1.83. The molecule has 1 heterocycles. The Labute approximate surface area is 77.1 Å². The Kier molecular flexibility index (Phi) is 2.40. The number of carboxylic acid groups (broad SMARTS) is 1. The molecule has 0 aromatic carbocycles. The maximum absolute atomic E-state index is 10.4. The Bertz CT molecular complexity index is 345. The molecule has 4 nitrogen and oxygen atoms in total. The number of aromatic nitrogens is 1. The summed E-state index contributed by atoms with van der Waals surface area (Å²) in [7, 11) is 0. The molecular weight excluding hydrogens is 205 g/mol. The maximum Gasteiger partial charge on any atom is 0.353 e. The van der Waals surface area contributed by atoms with Gasteiger partial charge in [-0.05, 0) is 0 Å². The van der Waals surface area contributed by atoms with E-state index in [4.69, 9.17) is 28.3 Å². The number of carbonyl (C=O) groups is 2. The number of aromatic carboxylic acids is 1. The van der Waals surface area contributed by atoms with E-state index in [1.165, 1.54) is 0 Å². The lowest BCUT2D eigenvalue weighted by Gasteiger charge is -1.86. The Morgan fingerprint density at radius 1 is 1.42 bits per heavy atom. The summed E-state index contributed by atoms with van der Waals surface area (Å²) in [5, 5.41) is 8.30. The molecule has 0 unspecified atom stereocenters. The van der Waals surface area contributed by atoms with Gasteiger partial charge in [-0.1, -0.05) is 23.2 Å². The average molecular weight is 208 g/mol. The van der Waals surface area contributed by atoms with E-state index in [-0.39, 0.29) is 21.4 Å². The lowest BCUT2D eigenvalue weighted by molar-refractivity contribution is 0.0691. The van der Waals surface area contributed by atoms with E-state index < -0.39 is 5.97 Å². The lowest BCUT2D eigenvalue weighted by Crippen LogP contribution is -1.97. The highest BCUT2D eigenvalue weighted by Crippen LogP contribution is 2.28. The highest BCUT2D eigenvalue weighted by Gasteiger charge is 2.18. The molecule has 0 amide bonds. The molecule has 0 aliphatic heterocycles. The number of rotatable bonds is 2. The van der Waals surface area contributed by atoms with Crippen LogP contribution in [0, 0.1) is 0 Å². The van der Waals surface area contributed by atoms with Crippen molar-refractivity contribution in [2.45, 2.75) is 0 Å². The Balaban J connectivity index is 3.34. The lowest BCUT2D eigenvalue weighted by atomic mass is 10.4. The summed E-state index contributed by atoms with van der Waals surface area (Å²) in [5.74, 6) is -1.25. The number of nitrogens with one attached hydrogen (secondary N) is 1. The highest BCUT2D eigenvalue weighted by molar-refractivity contribution is 6.45. The van der Waals surface area contributed by atoms with Crippen molar-refractivity contribution >= 4 is 35.5 Å². The molecule has 2 N–H and O–H groups in total. The zero-order chi connectivity index (χ0) is 9.30. The van der Waals surface area contributed by atoms with E-state index in [9.17, 15) is 9.59 Å². The van der Waals surface area contributed by atoms with Crippen LogP contribution in [0.5, 0.6) is 0 Å². The molecule has 6 heteroatoms. The van der Waals surface area contributed by atoms with Gasteiger partial charge in [0.15, 0.2) is 6.29 Å². The largest absolute Gasteiger partial charge is 0.477 e. The molecule has 0 aliphatic rings. The molecule has 0 aliphatic carbocycles. The summed E-state index contributed by atoms with van der Waals surface area (Å²) in [6.07, 6.45) is 0.403. The van der Waals surface area contributed by atoms with Crippen molar-refractivity contribution in [1.29, 1.82) is 0 Å². The summed E-state index contributed by atoms with van der Waals surface area (Å²) in [4.78, 5) is 22.9. The van der Waals surface area contributed by atoms with Gasteiger partial charge in [-0.2, -0.15) is 0 Å². The molecule has 12 heavy (non-hydrogen) atoms. The summed E-state index contributed by atoms with van der Waals surface area (Å²) in [5.41, 5.74) is -0.303. The summed E-state index contributed by atoms with van der Waals surface area (Å²) >= 11 is 11.0. The average Bonchev–Trinajstić information content (AvgIpc) is 2.30. The van der Waals surface area contributed by atoms with Gasteiger partial charge in [0.25, 0.3) is 0 Å². The number of halogens is 2. The quantitative estimate of drug-likeness (QED) is 0.728. The van der Waals surface area contributed by atoms with Crippen LogP contribution in [-0.4, -0.2) is 22.3 Å². The Morgan fingerprint density at radius 3 is 2.25 bits per heavy atom. The van der Waals surface area contributed by atoms with Crippen molar-refractivity contribution < 1.29 is 14.7 Å². The fourth-order valence-electron chi connectivity index (χ4n) is 0.701. The van der Waals surface area contributed by atoms with Gasteiger partial charge in [-0.3, -0.25) is 4.79 Å². The van der Waals surface area contributed by atoms with Crippen molar-refractivity contribution in [3.05, 3.63) is 21.4 Å². The third-order valence-corrected chi connectivity index (χ3v) is 2.11. The SMILES string of the molecule is O=Cc1[nH]c(C(=O)O)c(Cl)c1Cl. The van der Waals surface area contributed by atoms with Crippen molar-refractivity contribution in [1.82, 2.24) is 4.98 Å². The van der Waals surface area contributed by atoms with Crippen LogP contribution in [0.3, 0.4) is 0 Å². The van der Waals surface area contributed by atoms with E-state index >= 15 is 0 Å². The normalized spacial score (nSPS) is 9.83. The van der Waals surface area contributed by atoms with E-state index in [2.05, 4.69) is 4.98 Å². The highest BCUT2D eigenvalue weighted by atomic mass is 35.5. The van der Waals surface area contributed by atoms with Crippen LogP contribution in [0.2, 0.25) is 10.0 Å². The van der Waals surface area contributed by atoms with Gasteiger partial charge in [0.2, 0.25) is 0 Å². The van der Waals surface area contributed by atoms with Crippen LogP contribution >= 0.6 is 23.2 Å². The van der Waals surface area contributed by atoms with Crippen molar-refractivity contribution in [2.24, 2.45) is 0 Å². The van der Waals surface area contributed by atoms with Gasteiger partial charge in [-0.25, -0.2) is 4.79 Å². The minimum atomic E-state index is -1.25. The third-order valence-electron chi connectivity index (χ3n) is 1.24. The predicted molar refractivity (Wildman–Crippen MR) is 43.2 cm³/mol. The van der Waals surface area contributed by atoms with E-state index in [1.807, 2.05) is 0 Å². The number of aldehydes is 1. The van der Waals surface area contributed by atoms with Gasteiger partial charge in [0.05, 0.1) is 15.7 Å². The molecular formula is C6H3Cl2NO3. The van der Waals surface area contributed by atoms with E-state index in [0.717, 1.165) is 0 Å². The molecule has 0 spiro atoms. The van der Waals surface area contributed by atoms with Gasteiger partial charge in [0.1, 0.15) is 5.69 Å². The van der Waals surface area contributed by atoms with Gasteiger partial charge < -0.3 is 10.1 Å². The molecule has 64 valence electrons. The Hall–Kier alpha value is -1.00. The number of hydrogen-bond acceptors (Lipinski definition) is 2. The number of H-pyrrole nitrogens is 1. The second kappa shape index (κ2) is 3.16. The fraction of sp³-hybridized carbons (Fsp3) is 0. The fourth-order valence-corrected chi connectivity index (χ4v) is 1.12. The van der Waals surface area contributed by atoms with E-state index in [1.54, 1.807) is 0 Å². The van der Waals surface area contributed by atoms with Crippen molar-refractivity contribution in [3.8, 4) is 0 Å². The standard InChI is InChI=1S/C6H3Cl2NO3/c7-3-2(1-10)9-5(4(3)8)6(11)12/h1,9H,(H,11,12). The van der Waals surface area contributed by atoms with E-state index in [0.29, 0.717) is 6.29 Å². The first-order valence-corrected chi connectivity index (χ1v) is 3.59. The maximum atomic E-state index is 10.4. The molecule has 1 aromatic heterocycles. The minimum Gasteiger partial charge on any atom is -0.477 e. The first kappa shape index (κ1) is 9.09. The first-order chi connectivity index (χ1) is 5.57. The molecule has 0 saturated carbocycles. The van der Waals surface area contributed by atoms with Crippen LogP contribution in [0.25, 0.3) is 0 Å². The molecule has 1 rings (SSSR count). The smallest absolute Gasteiger partial charge is 0.353 e. The number of hydrogen-bond donors (Lipinski definition) is 2. The minimum absolute atomic E-state index is 0.0286. The second-order valence-electron chi connectivity index (χ2n) is 1.96. The van der Waals surface area contributed by atoms with Crippen LogP contribution in [0.4, 0.5) is 0 Å². The topological polar surface area (TPSA) is 70.2 Å². The van der Waals surface area contributed by atoms with Gasteiger partial charge in [-0.15, -0.1) is 0 Å². The monoisotopic (exact) mass is 207 g/mol. The van der Waals surface area contributed by atoms with Crippen LogP contribution in [-0.2, 0) is 0 Å². The summed E-state index contributed by atoms with van der Waals surface area (Å²) in [6.45, 7) is 0. The number of aromatic amines is 1. The molecule has 0 fully saturated rings. The summed E-state index contributed by atoms with van der Waals surface area (Å²) < 4.78 is 0. The molecule has 1 aromatic rings. The first-order valence-electron chi connectivity index (χ1n) is 2.83. The molecule has 0 saturated heterocycles. The number of carbonyl (C=O) groups excluding carboxylic acids is 1. The zero-order valence-corrected chi connectivity index (χ0v) is 7.11. The van der Waals surface area contributed by atoms with Gasteiger partial charge in [0, 0.05) is 0 Å². The van der Waals surface area contributed by atoms with Crippen molar-refractivity contribution in [3.63, 3.8) is 0 Å². The zero-order valence-electron chi connectivity index (χ0n) is 5.60. The summed E-state index contributed by atoms with van der Waals surface area (Å²) in [6, 6.07) is 0. The number of carboxylic acids is 1. The van der Waals surface area contributed by atoms with Crippen LogP contribution in [0.1, 0.15) is 21.0 Å². The Morgan fingerprint density at radius 2 is 2.00 bits per heavy atom.